The molecule has 2 nitrogen and oxygen atoms in total. The molecule has 0 saturated carbocycles. The van der Waals surface area contributed by atoms with Gasteiger partial charge in [-0.3, -0.25) is 4.98 Å². The van der Waals surface area contributed by atoms with Crippen LogP contribution in [0.3, 0.4) is 0 Å². The van der Waals surface area contributed by atoms with Crippen molar-refractivity contribution in [2.45, 2.75) is 13.5 Å². The van der Waals surface area contributed by atoms with Crippen LogP contribution in [0.4, 0.5) is 0 Å². The average Bonchev–Trinajstić information content (AvgIpc) is 2.33. The van der Waals surface area contributed by atoms with Crippen LogP contribution >= 0.6 is 0 Å². The Balaban J connectivity index is 2.43. The Hall–Kier alpha value is -1.67. The van der Waals surface area contributed by atoms with Crippen LogP contribution in [-0.2, 0) is 6.54 Å². The van der Waals surface area contributed by atoms with Crippen LogP contribution in [0.5, 0.6) is 0 Å². The summed E-state index contributed by atoms with van der Waals surface area (Å²) in [6.45, 7) is 3.04. The van der Waals surface area contributed by atoms with Crippen molar-refractivity contribution in [3.05, 3.63) is 53.9 Å². The number of hydrogen-bond acceptors (Lipinski definition) is 2. The summed E-state index contributed by atoms with van der Waals surface area (Å²) in [5.74, 6) is 0. The number of rotatable bonds is 3. The van der Waals surface area contributed by atoms with Gasteiger partial charge in [-0.2, -0.15) is 0 Å². The van der Waals surface area contributed by atoms with Gasteiger partial charge in [-0.15, -0.1) is 0 Å². The number of pyridine rings is 1. The molecule has 0 aliphatic carbocycles. The zero-order valence-corrected chi connectivity index (χ0v) is 9.70. The highest BCUT2D eigenvalue weighted by atomic mass is 14.8. The number of aromatic nitrogens is 1. The molecule has 1 aromatic carbocycles. The SMILES string of the molecule is CNCc1ccc(C)c(-c2ccncc2)c1. The van der Waals surface area contributed by atoms with Gasteiger partial charge in [0.2, 0.25) is 0 Å². The minimum Gasteiger partial charge on any atom is -0.316 e. The van der Waals surface area contributed by atoms with Crippen molar-refractivity contribution in [1.29, 1.82) is 0 Å². The lowest BCUT2D eigenvalue weighted by molar-refractivity contribution is 0.818. The summed E-state index contributed by atoms with van der Waals surface area (Å²) in [6.07, 6.45) is 3.67. The molecule has 0 radical (unpaired) electrons. The van der Waals surface area contributed by atoms with Crippen LogP contribution in [0.25, 0.3) is 11.1 Å². The highest BCUT2D eigenvalue weighted by Gasteiger charge is 2.02. The first-order valence-corrected chi connectivity index (χ1v) is 5.46. The Morgan fingerprint density at radius 2 is 1.88 bits per heavy atom. The topological polar surface area (TPSA) is 24.9 Å². The fourth-order valence-corrected chi connectivity index (χ4v) is 1.83. The second kappa shape index (κ2) is 4.90. The molecule has 1 N–H and O–H groups in total. The van der Waals surface area contributed by atoms with Gasteiger partial charge in [0.25, 0.3) is 0 Å². The Labute approximate surface area is 96.4 Å². The van der Waals surface area contributed by atoms with Gasteiger partial charge >= 0.3 is 0 Å². The van der Waals surface area contributed by atoms with E-state index in [1.807, 2.05) is 31.6 Å². The molecule has 0 atom stereocenters. The molecule has 0 aliphatic heterocycles. The van der Waals surface area contributed by atoms with Crippen molar-refractivity contribution >= 4 is 0 Å². The Morgan fingerprint density at radius 1 is 1.12 bits per heavy atom. The van der Waals surface area contributed by atoms with Crippen LogP contribution < -0.4 is 5.32 Å². The van der Waals surface area contributed by atoms with Crippen molar-refractivity contribution in [3.63, 3.8) is 0 Å². The lowest BCUT2D eigenvalue weighted by Gasteiger charge is -2.08. The van der Waals surface area contributed by atoms with Crippen LogP contribution in [0.1, 0.15) is 11.1 Å². The molecule has 0 fully saturated rings. The fourth-order valence-electron chi connectivity index (χ4n) is 1.83. The van der Waals surface area contributed by atoms with Crippen molar-refractivity contribution in [3.8, 4) is 11.1 Å². The Morgan fingerprint density at radius 3 is 2.56 bits per heavy atom. The van der Waals surface area contributed by atoms with E-state index in [9.17, 15) is 0 Å². The summed E-state index contributed by atoms with van der Waals surface area (Å²) in [7, 11) is 1.96. The second-order valence-electron chi connectivity index (χ2n) is 3.92. The predicted octanol–water partition coefficient (Wildman–Crippen LogP) is 2.78. The molecule has 1 aromatic heterocycles. The number of benzene rings is 1. The van der Waals surface area contributed by atoms with Gasteiger partial charge < -0.3 is 5.32 Å². The minimum absolute atomic E-state index is 0.901. The zero-order valence-electron chi connectivity index (χ0n) is 9.70. The molecule has 2 rings (SSSR count). The molecule has 2 heteroatoms. The quantitative estimate of drug-likeness (QED) is 0.846. The first-order chi connectivity index (χ1) is 7.81. The van der Waals surface area contributed by atoms with Crippen LogP contribution in [0.15, 0.2) is 42.7 Å². The van der Waals surface area contributed by atoms with Gasteiger partial charge in [-0.25, -0.2) is 0 Å². The standard InChI is InChI=1S/C14H16N2/c1-11-3-4-12(10-15-2)9-14(11)13-5-7-16-8-6-13/h3-9,15H,10H2,1-2H3. The number of aryl methyl sites for hydroxylation is 1. The number of nitrogens with one attached hydrogen (secondary N) is 1. The molecule has 0 unspecified atom stereocenters. The highest BCUT2D eigenvalue weighted by Crippen LogP contribution is 2.23. The maximum Gasteiger partial charge on any atom is 0.0273 e. The molecule has 0 spiro atoms. The van der Waals surface area contributed by atoms with E-state index in [1.54, 1.807) is 0 Å². The number of nitrogens with zero attached hydrogens (tertiary/aromatic N) is 1. The fraction of sp³-hybridized carbons (Fsp3) is 0.214. The Kier molecular flexibility index (Phi) is 3.32. The van der Waals surface area contributed by atoms with Crippen molar-refractivity contribution in [2.24, 2.45) is 0 Å². The largest absolute Gasteiger partial charge is 0.316 e. The summed E-state index contributed by atoms with van der Waals surface area (Å²) in [5, 5.41) is 3.17. The van der Waals surface area contributed by atoms with Crippen molar-refractivity contribution in [2.75, 3.05) is 7.05 Å². The van der Waals surface area contributed by atoms with Crippen LogP contribution in [-0.4, -0.2) is 12.0 Å². The van der Waals surface area contributed by atoms with E-state index in [4.69, 9.17) is 0 Å². The van der Waals surface area contributed by atoms with E-state index in [0.29, 0.717) is 0 Å². The van der Waals surface area contributed by atoms with E-state index in [0.717, 1.165) is 6.54 Å². The van der Waals surface area contributed by atoms with Gasteiger partial charge in [0.1, 0.15) is 0 Å². The Bertz CT molecular complexity index is 463. The molecular weight excluding hydrogens is 196 g/mol. The van der Waals surface area contributed by atoms with E-state index in [-0.39, 0.29) is 0 Å². The van der Waals surface area contributed by atoms with Gasteiger partial charge in [0, 0.05) is 18.9 Å². The second-order valence-corrected chi connectivity index (χ2v) is 3.92. The number of hydrogen-bond donors (Lipinski definition) is 1. The third-order valence-corrected chi connectivity index (χ3v) is 2.67. The molecule has 0 amide bonds. The maximum atomic E-state index is 4.05. The summed E-state index contributed by atoms with van der Waals surface area (Å²) < 4.78 is 0. The lowest BCUT2D eigenvalue weighted by Crippen LogP contribution is -2.05. The monoisotopic (exact) mass is 212 g/mol. The maximum absolute atomic E-state index is 4.05. The molecule has 82 valence electrons. The molecule has 0 bridgehead atoms. The zero-order chi connectivity index (χ0) is 11.4. The van der Waals surface area contributed by atoms with Gasteiger partial charge in [-0.1, -0.05) is 12.1 Å². The van der Waals surface area contributed by atoms with Gasteiger partial charge in [-0.05, 0) is 54.4 Å². The van der Waals surface area contributed by atoms with Gasteiger partial charge in [0.15, 0.2) is 0 Å². The predicted molar refractivity (Wildman–Crippen MR) is 67.2 cm³/mol. The first-order valence-electron chi connectivity index (χ1n) is 5.46. The molecule has 1 heterocycles. The normalized spacial score (nSPS) is 10.4. The molecule has 0 saturated heterocycles. The van der Waals surface area contributed by atoms with Gasteiger partial charge in [0.05, 0.1) is 0 Å². The van der Waals surface area contributed by atoms with Crippen molar-refractivity contribution < 1.29 is 0 Å². The van der Waals surface area contributed by atoms with Crippen LogP contribution in [0, 0.1) is 6.92 Å². The van der Waals surface area contributed by atoms with E-state index >= 15 is 0 Å². The molecule has 16 heavy (non-hydrogen) atoms. The summed E-state index contributed by atoms with van der Waals surface area (Å²) in [5.41, 5.74) is 5.12. The van der Waals surface area contributed by atoms with E-state index in [2.05, 4.69) is 35.4 Å². The molecule has 2 aromatic rings. The minimum atomic E-state index is 0.901. The third kappa shape index (κ3) is 2.28. The first kappa shape index (κ1) is 10.8. The smallest absolute Gasteiger partial charge is 0.0273 e. The third-order valence-electron chi connectivity index (χ3n) is 2.67. The lowest BCUT2D eigenvalue weighted by atomic mass is 9.99. The highest BCUT2D eigenvalue weighted by molar-refractivity contribution is 5.67. The average molecular weight is 212 g/mol. The molecular formula is C14H16N2. The van der Waals surface area contributed by atoms with Crippen molar-refractivity contribution in [1.82, 2.24) is 10.3 Å². The van der Waals surface area contributed by atoms with E-state index < -0.39 is 0 Å². The summed E-state index contributed by atoms with van der Waals surface area (Å²) >= 11 is 0. The summed E-state index contributed by atoms with van der Waals surface area (Å²) in [6, 6.07) is 10.7. The summed E-state index contributed by atoms with van der Waals surface area (Å²) in [4.78, 5) is 4.05. The van der Waals surface area contributed by atoms with Crippen LogP contribution in [0.2, 0.25) is 0 Å². The molecule has 0 aliphatic rings. The van der Waals surface area contributed by atoms with E-state index in [1.165, 1.54) is 22.3 Å².